The van der Waals surface area contributed by atoms with E-state index in [0.29, 0.717) is 5.82 Å². The summed E-state index contributed by atoms with van der Waals surface area (Å²) in [5.74, 6) is 0.690. The Bertz CT molecular complexity index is 4560. The summed E-state index contributed by atoms with van der Waals surface area (Å²) in [4.78, 5) is 15.4. The summed E-state index contributed by atoms with van der Waals surface area (Å²) in [7, 11) is 0. The van der Waals surface area contributed by atoms with Crippen molar-refractivity contribution in [3.8, 4) is 61.8 Å². The molecule has 84 heavy (non-hydrogen) atoms. The first-order valence-corrected chi connectivity index (χ1v) is 29.3. The second-order valence-electron chi connectivity index (χ2n) is 24.6. The van der Waals surface area contributed by atoms with E-state index in [0.717, 1.165) is 67.4 Å². The van der Waals surface area contributed by atoms with Crippen molar-refractivity contribution < 1.29 is 0 Å². The van der Waals surface area contributed by atoms with Crippen LogP contribution in [0.1, 0.15) is 52.7 Å². The minimum atomic E-state index is -0.0210. The molecular formula is C78H62BN5. The van der Waals surface area contributed by atoms with E-state index in [-0.39, 0.29) is 17.5 Å². The third-order valence-electron chi connectivity index (χ3n) is 17.3. The second-order valence-corrected chi connectivity index (χ2v) is 24.6. The van der Waals surface area contributed by atoms with Crippen molar-refractivity contribution in [2.75, 3.05) is 9.80 Å². The smallest absolute Gasteiger partial charge is 0.252 e. The van der Waals surface area contributed by atoms with Crippen LogP contribution in [0.2, 0.25) is 0 Å². The largest absolute Gasteiger partial charge is 0.311 e. The van der Waals surface area contributed by atoms with Gasteiger partial charge in [-0.2, -0.15) is 0 Å². The quantitative estimate of drug-likeness (QED) is 0.142. The van der Waals surface area contributed by atoms with Crippen LogP contribution in [0.4, 0.5) is 34.1 Å². The topological polar surface area (TPSA) is 37.2 Å². The minimum absolute atomic E-state index is 0.0210. The van der Waals surface area contributed by atoms with E-state index in [1.807, 2.05) is 6.07 Å². The number of nitrogens with zero attached hydrogens (tertiary/aromatic N) is 5. The Kier molecular flexibility index (Phi) is 12.0. The Labute approximate surface area is 492 Å². The maximum atomic E-state index is 5.34. The maximum absolute atomic E-state index is 5.34. The van der Waals surface area contributed by atoms with Gasteiger partial charge in [-0.25, -0.2) is 9.97 Å². The molecule has 0 spiro atoms. The fraction of sp³-hybridized carbons (Fsp3) is 0.103. The predicted octanol–water partition coefficient (Wildman–Crippen LogP) is 18.6. The number of aromatic nitrogens is 3. The zero-order valence-corrected chi connectivity index (χ0v) is 48.2. The highest BCUT2D eigenvalue weighted by atomic mass is 15.2. The van der Waals surface area contributed by atoms with Crippen molar-refractivity contribution in [3.63, 3.8) is 0 Å². The average molecular weight is 1080 g/mol. The Morgan fingerprint density at radius 3 is 1.38 bits per heavy atom. The lowest BCUT2D eigenvalue weighted by Crippen LogP contribution is -2.61. The number of para-hydroxylation sites is 3. The van der Waals surface area contributed by atoms with Crippen LogP contribution in [-0.4, -0.2) is 21.2 Å². The van der Waals surface area contributed by atoms with Gasteiger partial charge in [-0.3, -0.25) is 0 Å². The predicted molar refractivity (Wildman–Crippen MR) is 355 cm³/mol. The van der Waals surface area contributed by atoms with Crippen LogP contribution in [-0.2, 0) is 10.8 Å². The Morgan fingerprint density at radius 2 is 0.786 bits per heavy atom. The van der Waals surface area contributed by atoms with Crippen LogP contribution in [0.5, 0.6) is 0 Å². The van der Waals surface area contributed by atoms with Crippen molar-refractivity contribution in [2.24, 2.45) is 0 Å². The van der Waals surface area contributed by atoms with Crippen molar-refractivity contribution in [2.45, 2.75) is 52.4 Å². The van der Waals surface area contributed by atoms with E-state index in [9.17, 15) is 0 Å². The molecule has 2 aliphatic heterocycles. The molecule has 15 rings (SSSR count). The summed E-state index contributed by atoms with van der Waals surface area (Å²) >= 11 is 0. The number of hydrogen-bond acceptors (Lipinski definition) is 4. The molecule has 2 aliphatic rings. The molecule has 2 aromatic heterocycles. The molecule has 5 nitrogen and oxygen atoms in total. The fourth-order valence-electron chi connectivity index (χ4n) is 13.0. The lowest BCUT2D eigenvalue weighted by Gasteiger charge is -2.44. The molecule has 0 radical (unpaired) electrons. The molecule has 0 saturated carbocycles. The van der Waals surface area contributed by atoms with Crippen molar-refractivity contribution in [1.82, 2.24) is 14.5 Å². The van der Waals surface area contributed by atoms with Crippen molar-refractivity contribution >= 4 is 79.0 Å². The third-order valence-corrected chi connectivity index (χ3v) is 17.3. The molecule has 402 valence electrons. The molecule has 0 saturated heterocycles. The standard InChI is InChI=1S/C78H62BN5/c1-77(2,3)57-41-44-69-62(48-57)63-49-58(78(4,5)6)42-45-70(63)84(69)68-43-40-56(67-50-66(53-22-10-7-11-23-53)80-76(81-67)54-24-12-8-13-25-54)47-61(68)52-38-36-51(37-39-52)55-26-20-29-60(46-55)83-72-33-19-17-31-65(72)79-64-30-16-18-32-71(64)82(59-27-14-9-15-28-59)73-34-21-35-74(83)75(73)79/h7-50H,1-6H3. The van der Waals surface area contributed by atoms with E-state index < -0.39 is 0 Å². The van der Waals surface area contributed by atoms with Gasteiger partial charge in [0, 0.05) is 67.2 Å². The highest BCUT2D eigenvalue weighted by Crippen LogP contribution is 2.46. The van der Waals surface area contributed by atoms with E-state index in [2.05, 4.69) is 317 Å². The van der Waals surface area contributed by atoms with Gasteiger partial charge in [0.2, 0.25) is 0 Å². The SMILES string of the molecule is CC(C)(C)c1ccc2c(c1)c1cc(C(C)(C)C)ccc1n2-c1ccc(-c2cc(-c3ccccc3)nc(-c3ccccc3)n2)cc1-c1ccc(-c2cccc(N3c4ccccc4B4c5ccccc5N(c5ccccc5)c5cccc3c54)c2)cc1. The first kappa shape index (κ1) is 50.9. The number of rotatable bonds is 8. The van der Waals surface area contributed by atoms with Gasteiger partial charge in [-0.1, -0.05) is 217 Å². The van der Waals surface area contributed by atoms with E-state index >= 15 is 0 Å². The molecule has 6 heteroatoms. The Balaban J connectivity index is 0.886. The Morgan fingerprint density at radius 1 is 0.321 bits per heavy atom. The summed E-state index contributed by atoms with van der Waals surface area (Å²) in [5, 5.41) is 2.51. The molecular weight excluding hydrogens is 1020 g/mol. The summed E-state index contributed by atoms with van der Waals surface area (Å²) in [6, 6.07) is 97.9. The molecule has 0 unspecified atom stereocenters. The number of fused-ring (bicyclic) bond motifs is 7. The normalized spacial score (nSPS) is 12.8. The summed E-state index contributed by atoms with van der Waals surface area (Å²) < 4.78 is 2.49. The van der Waals surface area contributed by atoms with E-state index in [1.54, 1.807) is 0 Å². The number of anilines is 6. The number of hydrogen-bond donors (Lipinski definition) is 0. The zero-order valence-electron chi connectivity index (χ0n) is 48.2. The van der Waals surface area contributed by atoms with Gasteiger partial charge in [-0.15, -0.1) is 0 Å². The maximum Gasteiger partial charge on any atom is 0.252 e. The summed E-state index contributed by atoms with van der Waals surface area (Å²) in [6.45, 7) is 13.9. The fourth-order valence-corrected chi connectivity index (χ4v) is 13.0. The third kappa shape index (κ3) is 8.63. The zero-order chi connectivity index (χ0) is 56.8. The van der Waals surface area contributed by atoms with E-state index in [1.165, 1.54) is 72.1 Å². The monoisotopic (exact) mass is 1080 g/mol. The van der Waals surface area contributed by atoms with Gasteiger partial charge < -0.3 is 14.4 Å². The first-order valence-electron chi connectivity index (χ1n) is 29.3. The number of benzene rings is 11. The lowest BCUT2D eigenvalue weighted by atomic mass is 9.33. The van der Waals surface area contributed by atoms with E-state index in [4.69, 9.17) is 9.97 Å². The minimum Gasteiger partial charge on any atom is -0.311 e. The van der Waals surface area contributed by atoms with Gasteiger partial charge in [0.05, 0.1) is 28.1 Å². The molecule has 4 heterocycles. The van der Waals surface area contributed by atoms with Crippen LogP contribution in [0, 0.1) is 0 Å². The summed E-state index contributed by atoms with van der Waals surface area (Å²) in [5.41, 5.74) is 26.3. The molecule has 13 aromatic rings. The average Bonchev–Trinajstić information content (AvgIpc) is 1.06. The van der Waals surface area contributed by atoms with Crippen LogP contribution in [0.3, 0.4) is 0 Å². The molecule has 0 N–H and O–H groups in total. The van der Waals surface area contributed by atoms with Gasteiger partial charge in [0.25, 0.3) is 6.71 Å². The Hall–Kier alpha value is -10.0. The molecule has 11 aromatic carbocycles. The van der Waals surface area contributed by atoms with Gasteiger partial charge in [-0.05, 0) is 146 Å². The van der Waals surface area contributed by atoms with Crippen LogP contribution >= 0.6 is 0 Å². The van der Waals surface area contributed by atoms with Crippen LogP contribution in [0.25, 0.3) is 83.6 Å². The molecule has 0 atom stereocenters. The van der Waals surface area contributed by atoms with Crippen molar-refractivity contribution in [3.05, 3.63) is 278 Å². The molecule has 0 bridgehead atoms. The second kappa shape index (κ2) is 19.9. The summed E-state index contributed by atoms with van der Waals surface area (Å²) in [6.07, 6.45) is 0. The van der Waals surface area contributed by atoms with Gasteiger partial charge in [0.1, 0.15) is 0 Å². The lowest BCUT2D eigenvalue weighted by molar-refractivity contribution is 0.590. The highest BCUT2D eigenvalue weighted by molar-refractivity contribution is 7.00. The van der Waals surface area contributed by atoms with Crippen LogP contribution in [0.15, 0.2) is 267 Å². The first-order chi connectivity index (χ1) is 40.9. The van der Waals surface area contributed by atoms with Crippen molar-refractivity contribution in [1.29, 1.82) is 0 Å². The highest BCUT2D eigenvalue weighted by Gasteiger charge is 2.43. The van der Waals surface area contributed by atoms with Gasteiger partial charge in [0.15, 0.2) is 5.82 Å². The van der Waals surface area contributed by atoms with Gasteiger partial charge >= 0.3 is 0 Å². The molecule has 0 aliphatic carbocycles. The molecule has 0 fully saturated rings. The molecule has 0 amide bonds. The van der Waals surface area contributed by atoms with Crippen LogP contribution < -0.4 is 26.2 Å².